The zero-order valence-corrected chi connectivity index (χ0v) is 14.9. The van der Waals surface area contributed by atoms with Crippen LogP contribution in [0.25, 0.3) is 0 Å². The highest BCUT2D eigenvalue weighted by molar-refractivity contribution is 7.99. The average molecular weight is 386 g/mol. The summed E-state index contributed by atoms with van der Waals surface area (Å²) >= 11 is 0.818. The lowest BCUT2D eigenvalue weighted by molar-refractivity contribution is -0.147. The van der Waals surface area contributed by atoms with Gasteiger partial charge in [-0.2, -0.15) is 13.2 Å². The van der Waals surface area contributed by atoms with E-state index in [-0.39, 0.29) is 16.7 Å². The summed E-state index contributed by atoms with van der Waals surface area (Å²) in [5, 5.41) is 9.11. The van der Waals surface area contributed by atoms with Crippen LogP contribution in [-0.4, -0.2) is 38.2 Å². The number of halogens is 3. The Labute approximate surface area is 152 Å². The monoisotopic (exact) mass is 386 g/mol. The van der Waals surface area contributed by atoms with Crippen molar-refractivity contribution >= 4 is 23.5 Å². The Morgan fingerprint density at radius 2 is 1.88 bits per heavy atom. The minimum absolute atomic E-state index is 0.0325. The highest BCUT2D eigenvalue weighted by Gasteiger charge is 2.37. The number of hydrogen-bond acceptors (Lipinski definition) is 5. The maximum atomic E-state index is 12.7. The predicted octanol–water partition coefficient (Wildman–Crippen LogP) is 2.24. The topological polar surface area (TPSA) is 76.9 Å². The zero-order valence-electron chi connectivity index (χ0n) is 14.1. The molecule has 0 bridgehead atoms. The lowest BCUT2D eigenvalue weighted by Gasteiger charge is -2.16. The third kappa shape index (κ3) is 5.32. The number of nitrogens with one attached hydrogen (secondary N) is 1. The van der Waals surface area contributed by atoms with Gasteiger partial charge in [-0.3, -0.25) is 9.59 Å². The van der Waals surface area contributed by atoms with E-state index in [0.29, 0.717) is 6.42 Å². The summed E-state index contributed by atoms with van der Waals surface area (Å²) in [6.45, 7) is 1.37. The first-order valence-corrected chi connectivity index (χ1v) is 8.60. The minimum atomic E-state index is -4.61. The molecular weight excluding hydrogens is 369 g/mol. The average Bonchev–Trinajstić information content (AvgIpc) is 2.94. The molecule has 140 valence electrons. The highest BCUT2D eigenvalue weighted by atomic mass is 32.2. The maximum Gasteiger partial charge on any atom is 0.451 e. The second-order valence-electron chi connectivity index (χ2n) is 5.57. The Bertz CT molecular complexity index is 778. The van der Waals surface area contributed by atoms with Gasteiger partial charge in [0, 0.05) is 7.05 Å². The largest absolute Gasteiger partial charge is 0.451 e. The van der Waals surface area contributed by atoms with Crippen LogP contribution in [0.2, 0.25) is 0 Å². The summed E-state index contributed by atoms with van der Waals surface area (Å²) in [7, 11) is 1.18. The molecule has 26 heavy (non-hydrogen) atoms. The first kappa shape index (κ1) is 20.0. The van der Waals surface area contributed by atoms with Gasteiger partial charge in [-0.15, -0.1) is 10.2 Å². The summed E-state index contributed by atoms with van der Waals surface area (Å²) < 4.78 is 38.8. The second-order valence-corrected chi connectivity index (χ2v) is 6.51. The fourth-order valence-electron chi connectivity index (χ4n) is 2.20. The van der Waals surface area contributed by atoms with Gasteiger partial charge >= 0.3 is 6.18 Å². The molecular formula is C16H17F3N4O2S. The summed E-state index contributed by atoms with van der Waals surface area (Å²) in [6, 6.07) is 8.49. The molecule has 1 amide bonds. The molecule has 0 fully saturated rings. The molecule has 0 spiro atoms. The molecule has 1 atom stereocenters. The number of carbonyl (C=O) groups is 2. The first-order valence-electron chi connectivity index (χ1n) is 7.61. The molecule has 0 aliphatic carbocycles. The number of alkyl halides is 3. The quantitative estimate of drug-likeness (QED) is 0.739. The number of rotatable bonds is 7. The summed E-state index contributed by atoms with van der Waals surface area (Å²) in [6.07, 6.45) is -4.27. The van der Waals surface area contributed by atoms with Crippen LogP contribution in [0.3, 0.4) is 0 Å². The number of carbonyl (C=O) groups excluding carboxylic acids is 2. The van der Waals surface area contributed by atoms with Gasteiger partial charge < -0.3 is 9.88 Å². The molecule has 2 rings (SSSR count). The molecule has 10 heteroatoms. The Kier molecular flexibility index (Phi) is 6.41. The predicted molar refractivity (Wildman–Crippen MR) is 89.5 cm³/mol. The van der Waals surface area contributed by atoms with Gasteiger partial charge in [0.2, 0.25) is 11.7 Å². The Balaban J connectivity index is 1.95. The fourth-order valence-corrected chi connectivity index (χ4v) is 2.92. The van der Waals surface area contributed by atoms with Crippen LogP contribution < -0.4 is 5.32 Å². The van der Waals surface area contributed by atoms with E-state index in [0.717, 1.165) is 21.9 Å². The van der Waals surface area contributed by atoms with Crippen LogP contribution in [0.15, 0.2) is 35.5 Å². The van der Waals surface area contributed by atoms with Crippen LogP contribution in [-0.2, 0) is 29.2 Å². The van der Waals surface area contributed by atoms with Crippen molar-refractivity contribution in [2.75, 3.05) is 5.75 Å². The Hall–Kier alpha value is -2.36. The molecule has 1 N–H and O–H groups in total. The van der Waals surface area contributed by atoms with E-state index in [9.17, 15) is 22.8 Å². The molecule has 0 aliphatic heterocycles. The zero-order chi connectivity index (χ0) is 19.3. The number of hydrogen-bond donors (Lipinski definition) is 1. The van der Waals surface area contributed by atoms with Crippen molar-refractivity contribution in [1.82, 2.24) is 20.1 Å². The molecule has 1 aromatic heterocycles. The van der Waals surface area contributed by atoms with Crippen molar-refractivity contribution < 1.29 is 22.8 Å². The molecule has 1 heterocycles. The lowest BCUT2D eigenvalue weighted by atomic mass is 10.0. The van der Waals surface area contributed by atoms with Crippen LogP contribution in [0, 0.1) is 0 Å². The Morgan fingerprint density at radius 3 is 2.42 bits per heavy atom. The number of nitrogens with zero attached hydrogens (tertiary/aromatic N) is 3. The smallest absolute Gasteiger partial charge is 0.345 e. The van der Waals surface area contributed by atoms with E-state index < -0.39 is 23.9 Å². The third-order valence-corrected chi connectivity index (χ3v) is 4.55. The SMILES string of the molecule is CC(=O)[C@H](Cc1ccccc1)NC(=O)CSc1nnc(C(F)(F)F)n1C. The van der Waals surface area contributed by atoms with E-state index in [2.05, 4.69) is 15.5 Å². The molecule has 6 nitrogen and oxygen atoms in total. The summed E-state index contributed by atoms with van der Waals surface area (Å²) in [4.78, 5) is 23.8. The number of aromatic nitrogens is 3. The maximum absolute atomic E-state index is 12.7. The van der Waals surface area contributed by atoms with Gasteiger partial charge in [0.1, 0.15) is 0 Å². The fraction of sp³-hybridized carbons (Fsp3) is 0.375. The van der Waals surface area contributed by atoms with E-state index >= 15 is 0 Å². The molecule has 0 saturated carbocycles. The highest BCUT2D eigenvalue weighted by Crippen LogP contribution is 2.29. The molecule has 0 radical (unpaired) electrons. The van der Waals surface area contributed by atoms with Gasteiger partial charge in [0.25, 0.3) is 0 Å². The minimum Gasteiger partial charge on any atom is -0.345 e. The van der Waals surface area contributed by atoms with Gasteiger partial charge in [-0.1, -0.05) is 42.1 Å². The number of amides is 1. The van der Waals surface area contributed by atoms with Crippen molar-refractivity contribution in [3.05, 3.63) is 41.7 Å². The van der Waals surface area contributed by atoms with Gasteiger partial charge in [0.05, 0.1) is 11.8 Å². The van der Waals surface area contributed by atoms with Crippen molar-refractivity contribution in [2.45, 2.75) is 30.7 Å². The van der Waals surface area contributed by atoms with Crippen LogP contribution in [0.1, 0.15) is 18.3 Å². The number of Topliss-reactive ketones (excluding diaryl/α,β-unsaturated/α-hetero) is 1. The third-order valence-electron chi connectivity index (χ3n) is 3.53. The van der Waals surface area contributed by atoms with Gasteiger partial charge in [0.15, 0.2) is 10.9 Å². The van der Waals surface area contributed by atoms with Crippen molar-refractivity contribution in [1.29, 1.82) is 0 Å². The van der Waals surface area contributed by atoms with E-state index in [1.807, 2.05) is 30.3 Å². The lowest BCUT2D eigenvalue weighted by Crippen LogP contribution is -2.42. The van der Waals surface area contributed by atoms with E-state index in [1.165, 1.54) is 14.0 Å². The number of thioether (sulfide) groups is 1. The van der Waals surface area contributed by atoms with E-state index in [1.54, 1.807) is 0 Å². The number of benzene rings is 1. The first-order chi connectivity index (χ1) is 12.2. The van der Waals surface area contributed by atoms with Gasteiger partial charge in [-0.25, -0.2) is 0 Å². The molecule has 0 saturated heterocycles. The van der Waals surface area contributed by atoms with E-state index in [4.69, 9.17) is 0 Å². The molecule has 0 aliphatic rings. The van der Waals surface area contributed by atoms with Crippen LogP contribution in [0.4, 0.5) is 13.2 Å². The Morgan fingerprint density at radius 1 is 1.23 bits per heavy atom. The summed E-state index contributed by atoms with van der Waals surface area (Å²) in [5.74, 6) is -1.98. The van der Waals surface area contributed by atoms with Crippen LogP contribution >= 0.6 is 11.8 Å². The molecule has 1 aromatic carbocycles. The standard InChI is InChI=1S/C16H17F3N4O2S/c1-10(24)12(8-11-6-4-3-5-7-11)20-13(25)9-26-15-22-21-14(23(15)2)16(17,18)19/h3-7,12H,8-9H2,1-2H3,(H,20,25)/t12-/m0/s1. The van der Waals surface area contributed by atoms with Crippen molar-refractivity contribution in [3.63, 3.8) is 0 Å². The molecule has 0 unspecified atom stereocenters. The molecule has 2 aromatic rings. The van der Waals surface area contributed by atoms with Gasteiger partial charge in [-0.05, 0) is 18.9 Å². The second kappa shape index (κ2) is 8.35. The van der Waals surface area contributed by atoms with Crippen molar-refractivity contribution in [2.24, 2.45) is 7.05 Å². The van der Waals surface area contributed by atoms with Crippen molar-refractivity contribution in [3.8, 4) is 0 Å². The number of ketones is 1. The summed E-state index contributed by atoms with van der Waals surface area (Å²) in [5.41, 5.74) is 0.892. The van der Waals surface area contributed by atoms with Crippen LogP contribution in [0.5, 0.6) is 0 Å². The normalized spacial score (nSPS) is 12.7.